The Hall–Kier alpha value is -5.04. The van der Waals surface area contributed by atoms with E-state index in [1.54, 1.807) is 24.3 Å². The van der Waals surface area contributed by atoms with Crippen LogP contribution in [-0.2, 0) is 20.0 Å². The largest absolute Gasteiger partial charge is 0.300 e. The Kier molecular flexibility index (Phi) is 15.2. The van der Waals surface area contributed by atoms with Gasteiger partial charge in [0.1, 0.15) is 0 Å². The lowest BCUT2D eigenvalue weighted by atomic mass is 10.0. The fraction of sp³-hybridized carbons (Fsp3) is 0.136. The summed E-state index contributed by atoms with van der Waals surface area (Å²) in [7, 11) is -0.747. The number of aliphatic imine (C=N–C) groups is 1. The van der Waals surface area contributed by atoms with Gasteiger partial charge in [0.15, 0.2) is 0 Å². The molecular weight excluding hydrogens is 793 g/mol. The van der Waals surface area contributed by atoms with Gasteiger partial charge in [0.2, 0.25) is 20.0 Å². The maximum absolute atomic E-state index is 12.5. The molecule has 0 saturated carbocycles. The van der Waals surface area contributed by atoms with Crippen molar-refractivity contribution < 1.29 is 16.8 Å². The van der Waals surface area contributed by atoms with Gasteiger partial charge in [0, 0.05) is 43.8 Å². The van der Waals surface area contributed by atoms with Crippen LogP contribution in [0.15, 0.2) is 177 Å². The van der Waals surface area contributed by atoms with E-state index in [0.717, 1.165) is 43.6 Å². The SMILES string of the molecule is Cc1cc(Br)cc(S(=O)(=O)N(C)C)c1.Cc1cc(N=C(c2ccccc2)c2ccccc2)cc(S(=O)(=O)N(C)C)c1.N=C(c1ccccc1)c1ccccc1. The zero-order valence-electron chi connectivity index (χ0n) is 31.7. The highest BCUT2D eigenvalue weighted by Crippen LogP contribution is 2.25. The Labute approximate surface area is 334 Å². The van der Waals surface area contributed by atoms with Crippen molar-refractivity contribution in [3.63, 3.8) is 0 Å². The zero-order valence-corrected chi connectivity index (χ0v) is 34.9. The number of aryl methyl sites for hydroxylation is 2. The maximum atomic E-state index is 12.5. The minimum absolute atomic E-state index is 0.242. The second-order valence-electron chi connectivity index (χ2n) is 12.8. The van der Waals surface area contributed by atoms with Crippen LogP contribution in [0.1, 0.15) is 33.4 Å². The average Bonchev–Trinajstić information content (AvgIpc) is 3.18. The Bertz CT molecular complexity index is 2340. The Morgan fingerprint density at radius 3 is 1.22 bits per heavy atom. The molecule has 1 N–H and O–H groups in total. The quantitative estimate of drug-likeness (QED) is 0.146. The van der Waals surface area contributed by atoms with Crippen molar-refractivity contribution in [3.8, 4) is 0 Å². The molecule has 55 heavy (non-hydrogen) atoms. The van der Waals surface area contributed by atoms with Crippen molar-refractivity contribution in [3.05, 3.63) is 196 Å². The summed E-state index contributed by atoms with van der Waals surface area (Å²) in [5.74, 6) is 0. The molecule has 0 aliphatic rings. The number of benzene rings is 6. The van der Waals surface area contributed by atoms with E-state index in [-0.39, 0.29) is 4.90 Å². The molecule has 0 aliphatic heterocycles. The number of nitrogens with one attached hydrogen (secondary N) is 1. The molecule has 0 atom stereocenters. The molecule has 0 aliphatic carbocycles. The highest BCUT2D eigenvalue weighted by atomic mass is 79.9. The van der Waals surface area contributed by atoms with Crippen LogP contribution in [0.3, 0.4) is 0 Å². The van der Waals surface area contributed by atoms with Crippen LogP contribution < -0.4 is 0 Å². The lowest BCUT2D eigenvalue weighted by molar-refractivity contribution is 0.519. The highest BCUT2D eigenvalue weighted by Gasteiger charge is 2.19. The summed E-state index contributed by atoms with van der Waals surface area (Å²) < 4.78 is 51.8. The molecule has 0 unspecified atom stereocenters. The summed E-state index contributed by atoms with van der Waals surface area (Å²) >= 11 is 3.27. The van der Waals surface area contributed by atoms with E-state index in [2.05, 4.69) is 15.9 Å². The van der Waals surface area contributed by atoms with Crippen molar-refractivity contribution in [1.82, 2.24) is 8.61 Å². The molecule has 0 spiro atoms. The van der Waals surface area contributed by atoms with Crippen molar-refractivity contribution in [2.75, 3.05) is 28.2 Å². The average molecular weight is 838 g/mol. The summed E-state index contributed by atoms with van der Waals surface area (Å²) in [6.45, 7) is 3.73. The van der Waals surface area contributed by atoms with Crippen molar-refractivity contribution in [1.29, 1.82) is 5.41 Å². The third-order valence-corrected chi connectivity index (χ3v) is 12.1. The van der Waals surface area contributed by atoms with Crippen LogP contribution >= 0.6 is 15.9 Å². The topological polar surface area (TPSA) is 111 Å². The van der Waals surface area contributed by atoms with Crippen LogP contribution in [0, 0.1) is 19.3 Å². The summed E-state index contributed by atoms with van der Waals surface area (Å²) in [5.41, 5.74) is 7.61. The van der Waals surface area contributed by atoms with E-state index >= 15 is 0 Å². The smallest absolute Gasteiger partial charge is 0.242 e. The van der Waals surface area contributed by atoms with E-state index in [4.69, 9.17) is 10.4 Å². The van der Waals surface area contributed by atoms with Gasteiger partial charge in [-0.3, -0.25) is 5.41 Å². The Morgan fingerprint density at radius 2 is 0.855 bits per heavy atom. The lowest BCUT2D eigenvalue weighted by Gasteiger charge is -2.13. The van der Waals surface area contributed by atoms with Crippen LogP contribution in [0.4, 0.5) is 5.69 Å². The minimum Gasteiger partial charge on any atom is -0.300 e. The van der Waals surface area contributed by atoms with Crippen molar-refractivity contribution in [2.45, 2.75) is 23.6 Å². The molecule has 0 fully saturated rings. The zero-order chi connectivity index (χ0) is 40.2. The summed E-state index contributed by atoms with van der Waals surface area (Å²) in [6, 6.07) is 49.6. The molecular formula is C44H45BrN4O4S2. The Balaban J connectivity index is 0.000000202. The van der Waals surface area contributed by atoms with Crippen LogP contribution in [0.2, 0.25) is 0 Å². The van der Waals surface area contributed by atoms with Crippen LogP contribution in [-0.4, -0.2) is 65.1 Å². The number of hydrogen-bond donors (Lipinski definition) is 1. The third kappa shape index (κ3) is 12.0. The van der Waals surface area contributed by atoms with Gasteiger partial charge in [-0.2, -0.15) is 0 Å². The maximum Gasteiger partial charge on any atom is 0.242 e. The standard InChI is InChI=1S/C22H22N2O2S.C13H11N.C9H12BrNO2S/c1-17-14-20(16-21(15-17)27(25,26)24(2)3)23-22(18-10-6-4-7-11-18)19-12-8-5-9-13-19;14-13(11-7-3-1-4-8-11)12-9-5-2-6-10-12;1-7-4-8(10)6-9(5-7)14(12,13)11(2)3/h4-16H,1-3H3;1-10,14H;4-6H,1-3H3. The fourth-order valence-corrected chi connectivity index (χ4v) is 8.03. The van der Waals surface area contributed by atoms with Crippen LogP contribution in [0.5, 0.6) is 0 Å². The first-order valence-corrected chi connectivity index (χ1v) is 20.9. The summed E-state index contributed by atoms with van der Waals surface area (Å²) in [4.78, 5) is 5.38. The molecule has 0 radical (unpaired) electrons. The normalized spacial score (nSPS) is 11.1. The van der Waals surface area contributed by atoms with Gasteiger partial charge in [0.05, 0.1) is 26.9 Å². The molecule has 6 rings (SSSR count). The van der Waals surface area contributed by atoms with Crippen molar-refractivity contribution >= 4 is 53.1 Å². The first-order valence-electron chi connectivity index (χ1n) is 17.2. The van der Waals surface area contributed by atoms with E-state index in [1.165, 1.54) is 36.8 Å². The van der Waals surface area contributed by atoms with Crippen LogP contribution in [0.25, 0.3) is 0 Å². The second-order valence-corrected chi connectivity index (χ2v) is 18.1. The van der Waals surface area contributed by atoms with Gasteiger partial charge in [-0.1, -0.05) is 137 Å². The molecule has 8 nitrogen and oxygen atoms in total. The number of rotatable bonds is 9. The Morgan fingerprint density at radius 1 is 0.509 bits per heavy atom. The fourth-order valence-electron chi connectivity index (χ4n) is 5.21. The van der Waals surface area contributed by atoms with E-state index in [9.17, 15) is 16.8 Å². The monoisotopic (exact) mass is 836 g/mol. The number of hydrogen-bond acceptors (Lipinski definition) is 6. The number of halogens is 1. The first-order chi connectivity index (χ1) is 26.1. The van der Waals surface area contributed by atoms with Gasteiger partial charge in [0.25, 0.3) is 0 Å². The van der Waals surface area contributed by atoms with Gasteiger partial charge in [-0.05, 0) is 72.5 Å². The summed E-state index contributed by atoms with van der Waals surface area (Å²) in [6.07, 6.45) is 0. The second kappa shape index (κ2) is 19.5. The van der Waals surface area contributed by atoms with Gasteiger partial charge >= 0.3 is 0 Å². The number of nitrogens with zero attached hydrogens (tertiary/aromatic N) is 3. The first kappa shape index (κ1) is 42.7. The molecule has 6 aromatic carbocycles. The molecule has 11 heteroatoms. The molecule has 6 aromatic rings. The molecule has 0 saturated heterocycles. The van der Waals surface area contributed by atoms with Gasteiger partial charge < -0.3 is 0 Å². The third-order valence-electron chi connectivity index (χ3n) is 8.07. The van der Waals surface area contributed by atoms with Gasteiger partial charge in [-0.15, -0.1) is 0 Å². The molecule has 0 bridgehead atoms. The highest BCUT2D eigenvalue weighted by molar-refractivity contribution is 9.10. The van der Waals surface area contributed by atoms with Gasteiger partial charge in [-0.25, -0.2) is 30.4 Å². The van der Waals surface area contributed by atoms with E-state index in [1.807, 2.05) is 147 Å². The predicted molar refractivity (Wildman–Crippen MR) is 229 cm³/mol. The van der Waals surface area contributed by atoms with Crippen molar-refractivity contribution in [2.24, 2.45) is 4.99 Å². The lowest BCUT2D eigenvalue weighted by Crippen LogP contribution is -2.22. The molecule has 0 heterocycles. The minimum atomic E-state index is -3.52. The molecule has 0 amide bonds. The molecule has 284 valence electrons. The number of sulfonamides is 2. The van der Waals surface area contributed by atoms with E-state index < -0.39 is 20.0 Å². The summed E-state index contributed by atoms with van der Waals surface area (Å²) in [5, 5.41) is 7.97. The van der Waals surface area contributed by atoms with E-state index in [0.29, 0.717) is 16.3 Å². The predicted octanol–water partition coefficient (Wildman–Crippen LogP) is 9.53. The molecule has 0 aromatic heterocycles.